The molecule has 2 aromatic heterocycles. The third kappa shape index (κ3) is 2.32. The maximum atomic E-state index is 5.48. The van der Waals surface area contributed by atoms with Crippen LogP contribution in [0.4, 0.5) is 0 Å². The van der Waals surface area contributed by atoms with Gasteiger partial charge in [-0.3, -0.25) is 0 Å². The minimum atomic E-state index is 0.203. The van der Waals surface area contributed by atoms with Crippen LogP contribution in [0.3, 0.4) is 0 Å². The number of halogens is 1. The zero-order valence-electron chi connectivity index (χ0n) is 9.44. The lowest BCUT2D eigenvalue weighted by Gasteiger charge is -1.95. The highest BCUT2D eigenvalue weighted by molar-refractivity contribution is 9.09. The van der Waals surface area contributed by atoms with Gasteiger partial charge in [0, 0.05) is 0 Å². The van der Waals surface area contributed by atoms with E-state index in [1.54, 1.807) is 4.68 Å². The fourth-order valence-electron chi connectivity index (χ4n) is 1.32. The number of alkyl halides is 1. The molecule has 6 heteroatoms. The number of aryl methyl sites for hydroxylation is 2. The van der Waals surface area contributed by atoms with Gasteiger partial charge in [-0.15, -0.1) is 5.10 Å². The largest absolute Gasteiger partial charge is 0.444 e. The molecule has 0 N–H and O–H groups in total. The Bertz CT molecular complexity index is 469. The lowest BCUT2D eigenvalue weighted by Crippen LogP contribution is -2.00. The van der Waals surface area contributed by atoms with E-state index >= 15 is 0 Å². The Hall–Kier alpha value is -1.17. The number of hydrogen-bond donors (Lipinski definition) is 0. The molecule has 1 unspecified atom stereocenters. The number of nitrogens with zero attached hydrogens (tertiary/aromatic N) is 4. The molecule has 0 bridgehead atoms. The number of oxazole rings is 1. The van der Waals surface area contributed by atoms with Gasteiger partial charge >= 0.3 is 0 Å². The molecule has 0 saturated heterocycles. The quantitative estimate of drug-likeness (QED) is 0.812. The van der Waals surface area contributed by atoms with Crippen molar-refractivity contribution in [2.75, 3.05) is 0 Å². The highest BCUT2D eigenvalue weighted by atomic mass is 79.9. The average molecular weight is 285 g/mol. The Labute approximate surface area is 102 Å². The van der Waals surface area contributed by atoms with Gasteiger partial charge in [-0.2, -0.15) is 0 Å². The van der Waals surface area contributed by atoms with Crippen molar-refractivity contribution in [3.05, 3.63) is 29.2 Å². The normalized spacial score (nSPS) is 13.0. The summed E-state index contributed by atoms with van der Waals surface area (Å²) < 4.78 is 7.20. The molecule has 16 heavy (non-hydrogen) atoms. The number of aromatic nitrogens is 4. The van der Waals surface area contributed by atoms with Gasteiger partial charge in [0.15, 0.2) is 0 Å². The molecule has 0 spiro atoms. The summed E-state index contributed by atoms with van der Waals surface area (Å²) in [6.45, 7) is 6.35. The first-order chi connectivity index (χ1) is 7.56. The van der Waals surface area contributed by atoms with Crippen LogP contribution in [0.1, 0.15) is 34.8 Å². The SMILES string of the molecule is Cc1nc(Cn2cc(C(C)Br)nn2)oc1C. The van der Waals surface area contributed by atoms with Crippen molar-refractivity contribution >= 4 is 15.9 Å². The molecule has 0 aliphatic heterocycles. The third-order valence-electron chi connectivity index (χ3n) is 2.33. The lowest BCUT2D eigenvalue weighted by molar-refractivity contribution is 0.442. The summed E-state index contributed by atoms with van der Waals surface area (Å²) in [4.78, 5) is 4.50. The summed E-state index contributed by atoms with van der Waals surface area (Å²) in [6, 6.07) is 0. The molecule has 5 nitrogen and oxygen atoms in total. The standard InChI is InChI=1S/C10H13BrN4O/c1-6(11)9-4-15(14-13-9)5-10-12-7(2)8(3)16-10/h4,6H,5H2,1-3H3. The van der Waals surface area contributed by atoms with Crippen LogP contribution in [0, 0.1) is 13.8 Å². The maximum absolute atomic E-state index is 5.48. The van der Waals surface area contributed by atoms with E-state index in [-0.39, 0.29) is 4.83 Å². The first kappa shape index (κ1) is 11.3. The predicted molar refractivity (Wildman–Crippen MR) is 62.4 cm³/mol. The second-order valence-electron chi connectivity index (χ2n) is 3.71. The van der Waals surface area contributed by atoms with Crippen molar-refractivity contribution in [3.63, 3.8) is 0 Å². The van der Waals surface area contributed by atoms with Crippen LogP contribution in [0.2, 0.25) is 0 Å². The van der Waals surface area contributed by atoms with Gasteiger partial charge in [0.05, 0.1) is 22.4 Å². The average Bonchev–Trinajstić information content (AvgIpc) is 2.76. The van der Waals surface area contributed by atoms with Gasteiger partial charge in [-0.25, -0.2) is 9.67 Å². The lowest BCUT2D eigenvalue weighted by atomic mass is 10.4. The summed E-state index contributed by atoms with van der Waals surface area (Å²) in [7, 11) is 0. The van der Waals surface area contributed by atoms with Crippen molar-refractivity contribution in [1.82, 2.24) is 20.0 Å². The van der Waals surface area contributed by atoms with Crippen LogP contribution < -0.4 is 0 Å². The number of rotatable bonds is 3. The Morgan fingerprint density at radius 1 is 1.50 bits per heavy atom. The number of hydrogen-bond acceptors (Lipinski definition) is 4. The predicted octanol–water partition coefficient (Wildman–Crippen LogP) is 2.39. The Balaban J connectivity index is 2.14. The van der Waals surface area contributed by atoms with E-state index in [9.17, 15) is 0 Å². The summed E-state index contributed by atoms with van der Waals surface area (Å²) in [5.74, 6) is 1.51. The molecule has 2 heterocycles. The second-order valence-corrected chi connectivity index (χ2v) is 5.08. The van der Waals surface area contributed by atoms with E-state index in [1.807, 2.05) is 27.0 Å². The van der Waals surface area contributed by atoms with E-state index in [2.05, 4.69) is 31.2 Å². The third-order valence-corrected chi connectivity index (χ3v) is 2.80. The van der Waals surface area contributed by atoms with E-state index in [4.69, 9.17) is 4.42 Å². The van der Waals surface area contributed by atoms with Crippen LogP contribution in [0.25, 0.3) is 0 Å². The summed E-state index contributed by atoms with van der Waals surface area (Å²) in [5, 5.41) is 8.05. The van der Waals surface area contributed by atoms with E-state index < -0.39 is 0 Å². The van der Waals surface area contributed by atoms with E-state index in [0.29, 0.717) is 12.4 Å². The molecule has 0 fully saturated rings. The van der Waals surface area contributed by atoms with E-state index in [0.717, 1.165) is 17.1 Å². The fourth-order valence-corrected chi connectivity index (χ4v) is 1.53. The van der Waals surface area contributed by atoms with Crippen molar-refractivity contribution in [3.8, 4) is 0 Å². The molecule has 86 valence electrons. The minimum absolute atomic E-state index is 0.203. The van der Waals surface area contributed by atoms with Crippen LogP contribution in [-0.4, -0.2) is 20.0 Å². The summed E-state index contributed by atoms with van der Waals surface area (Å²) in [5.41, 5.74) is 1.82. The van der Waals surface area contributed by atoms with Crippen LogP contribution in [0.5, 0.6) is 0 Å². The van der Waals surface area contributed by atoms with Crippen LogP contribution >= 0.6 is 15.9 Å². The van der Waals surface area contributed by atoms with Crippen molar-refractivity contribution < 1.29 is 4.42 Å². The van der Waals surface area contributed by atoms with Gasteiger partial charge in [0.2, 0.25) is 5.89 Å². The highest BCUT2D eigenvalue weighted by Crippen LogP contribution is 2.18. The van der Waals surface area contributed by atoms with E-state index in [1.165, 1.54) is 0 Å². The van der Waals surface area contributed by atoms with Crippen LogP contribution in [-0.2, 0) is 6.54 Å². The molecule has 0 radical (unpaired) electrons. The molecule has 0 aromatic carbocycles. The highest BCUT2D eigenvalue weighted by Gasteiger charge is 2.10. The Morgan fingerprint density at radius 3 is 2.75 bits per heavy atom. The molecule has 1 atom stereocenters. The molecule has 2 rings (SSSR count). The van der Waals surface area contributed by atoms with Gasteiger partial charge in [-0.1, -0.05) is 21.1 Å². The first-order valence-electron chi connectivity index (χ1n) is 5.03. The molecule has 0 aliphatic rings. The Morgan fingerprint density at radius 2 is 2.25 bits per heavy atom. The van der Waals surface area contributed by atoms with Crippen LogP contribution in [0.15, 0.2) is 10.6 Å². The zero-order chi connectivity index (χ0) is 11.7. The summed E-state index contributed by atoms with van der Waals surface area (Å²) >= 11 is 3.44. The van der Waals surface area contributed by atoms with Crippen molar-refractivity contribution in [2.45, 2.75) is 32.1 Å². The zero-order valence-corrected chi connectivity index (χ0v) is 11.0. The van der Waals surface area contributed by atoms with Gasteiger partial charge in [-0.05, 0) is 20.8 Å². The molecule has 2 aromatic rings. The molecular formula is C10H13BrN4O. The molecular weight excluding hydrogens is 272 g/mol. The Kier molecular flexibility index (Phi) is 3.09. The second kappa shape index (κ2) is 4.37. The van der Waals surface area contributed by atoms with Gasteiger partial charge in [0.1, 0.15) is 12.3 Å². The smallest absolute Gasteiger partial charge is 0.216 e. The van der Waals surface area contributed by atoms with Crippen molar-refractivity contribution in [2.24, 2.45) is 0 Å². The van der Waals surface area contributed by atoms with Gasteiger partial charge < -0.3 is 4.42 Å². The monoisotopic (exact) mass is 284 g/mol. The maximum Gasteiger partial charge on any atom is 0.216 e. The van der Waals surface area contributed by atoms with Crippen molar-refractivity contribution in [1.29, 1.82) is 0 Å². The summed E-state index contributed by atoms with van der Waals surface area (Å²) in [6.07, 6.45) is 1.88. The minimum Gasteiger partial charge on any atom is -0.444 e. The fraction of sp³-hybridized carbons (Fsp3) is 0.500. The first-order valence-corrected chi connectivity index (χ1v) is 5.95. The van der Waals surface area contributed by atoms with Gasteiger partial charge in [0.25, 0.3) is 0 Å². The molecule has 0 saturated carbocycles. The topological polar surface area (TPSA) is 56.7 Å². The molecule has 0 amide bonds. The molecule has 0 aliphatic carbocycles.